The number of hydrogen-bond acceptors (Lipinski definition) is 3. The molecule has 25 heavy (non-hydrogen) atoms. The molecule has 3 fully saturated rings. The SMILES string of the molecule is COc1ccc(CN2[C@@]3(C)CCC[C@]2(C)[C@@H](F)[C@@H](NC2CC2)C3)cc1. The van der Waals surface area contributed by atoms with Crippen molar-refractivity contribution in [1.29, 1.82) is 0 Å². The average Bonchev–Trinajstić information content (AvgIpc) is 3.41. The summed E-state index contributed by atoms with van der Waals surface area (Å²) in [5.74, 6) is 0.872. The lowest BCUT2D eigenvalue weighted by Crippen LogP contribution is -2.73. The van der Waals surface area contributed by atoms with E-state index in [0.717, 1.165) is 38.0 Å². The summed E-state index contributed by atoms with van der Waals surface area (Å²) in [6.07, 6.45) is 5.77. The molecular weight excluding hydrogens is 315 g/mol. The van der Waals surface area contributed by atoms with Crippen LogP contribution in [0.4, 0.5) is 4.39 Å². The second-order valence-corrected chi connectivity index (χ2v) is 8.80. The van der Waals surface area contributed by atoms with Crippen molar-refractivity contribution in [1.82, 2.24) is 10.2 Å². The summed E-state index contributed by atoms with van der Waals surface area (Å²) in [4.78, 5) is 2.47. The minimum Gasteiger partial charge on any atom is -0.497 e. The van der Waals surface area contributed by atoms with E-state index < -0.39 is 6.17 Å². The number of piperidine rings is 2. The number of hydrogen-bond donors (Lipinski definition) is 1. The van der Waals surface area contributed by atoms with Gasteiger partial charge in [-0.25, -0.2) is 4.39 Å². The number of halogens is 1. The molecule has 0 amide bonds. The zero-order valence-electron chi connectivity index (χ0n) is 15.7. The van der Waals surface area contributed by atoms with Gasteiger partial charge in [-0.05, 0) is 70.1 Å². The van der Waals surface area contributed by atoms with Crippen molar-refractivity contribution in [3.63, 3.8) is 0 Å². The van der Waals surface area contributed by atoms with Gasteiger partial charge in [-0.2, -0.15) is 0 Å². The smallest absolute Gasteiger partial charge is 0.133 e. The molecule has 0 unspecified atom stereocenters. The second kappa shape index (κ2) is 6.24. The van der Waals surface area contributed by atoms with Crippen molar-refractivity contribution in [3.8, 4) is 5.75 Å². The Morgan fingerprint density at radius 1 is 1.20 bits per heavy atom. The molecule has 4 rings (SSSR count). The number of fused-ring (bicyclic) bond motifs is 2. The highest BCUT2D eigenvalue weighted by molar-refractivity contribution is 5.28. The third kappa shape index (κ3) is 3.08. The zero-order valence-corrected chi connectivity index (χ0v) is 15.7. The van der Waals surface area contributed by atoms with E-state index in [1.165, 1.54) is 18.4 Å². The van der Waals surface area contributed by atoms with Gasteiger partial charge in [0.25, 0.3) is 0 Å². The van der Waals surface area contributed by atoms with E-state index in [9.17, 15) is 0 Å². The molecule has 3 aliphatic rings. The summed E-state index contributed by atoms with van der Waals surface area (Å²) in [6, 6.07) is 8.81. The highest BCUT2D eigenvalue weighted by Gasteiger charge is 2.58. The molecule has 1 aromatic rings. The van der Waals surface area contributed by atoms with Crippen molar-refractivity contribution in [2.75, 3.05) is 7.11 Å². The number of methoxy groups -OCH3 is 1. The van der Waals surface area contributed by atoms with E-state index in [0.29, 0.717) is 6.04 Å². The Bertz CT molecular complexity index is 617. The zero-order chi connectivity index (χ0) is 17.7. The van der Waals surface area contributed by atoms with Crippen LogP contribution in [0.2, 0.25) is 0 Å². The number of alkyl halides is 1. The first-order valence-electron chi connectivity index (χ1n) is 9.75. The number of nitrogens with zero attached hydrogens (tertiary/aromatic N) is 1. The van der Waals surface area contributed by atoms with Crippen LogP contribution in [0.3, 0.4) is 0 Å². The van der Waals surface area contributed by atoms with Crippen LogP contribution < -0.4 is 10.1 Å². The molecule has 1 N–H and O–H groups in total. The Morgan fingerprint density at radius 3 is 2.56 bits per heavy atom. The van der Waals surface area contributed by atoms with Crippen molar-refractivity contribution < 1.29 is 9.13 Å². The van der Waals surface area contributed by atoms with Gasteiger partial charge in [0.2, 0.25) is 0 Å². The minimum absolute atomic E-state index is 0.00918. The van der Waals surface area contributed by atoms with Crippen LogP contribution >= 0.6 is 0 Å². The van der Waals surface area contributed by atoms with E-state index in [1.54, 1.807) is 7.11 Å². The van der Waals surface area contributed by atoms with Crippen LogP contribution in [0.15, 0.2) is 24.3 Å². The molecule has 0 spiro atoms. The van der Waals surface area contributed by atoms with Crippen LogP contribution in [-0.4, -0.2) is 41.3 Å². The van der Waals surface area contributed by atoms with Gasteiger partial charge in [-0.1, -0.05) is 12.1 Å². The Hall–Kier alpha value is -1.13. The molecule has 1 aliphatic carbocycles. The summed E-state index contributed by atoms with van der Waals surface area (Å²) in [5.41, 5.74) is 0.931. The van der Waals surface area contributed by atoms with Crippen LogP contribution in [0.5, 0.6) is 5.75 Å². The lowest BCUT2D eigenvalue weighted by Gasteiger charge is -2.62. The Morgan fingerprint density at radius 2 is 1.92 bits per heavy atom. The second-order valence-electron chi connectivity index (χ2n) is 8.80. The predicted octanol–water partition coefficient (Wildman–Crippen LogP) is 4.06. The van der Waals surface area contributed by atoms with Gasteiger partial charge >= 0.3 is 0 Å². The van der Waals surface area contributed by atoms with E-state index in [4.69, 9.17) is 4.74 Å². The fourth-order valence-corrected chi connectivity index (χ4v) is 5.20. The van der Waals surface area contributed by atoms with Crippen LogP contribution in [0.1, 0.15) is 57.9 Å². The normalized spacial score (nSPS) is 38.6. The molecule has 2 bridgehead atoms. The van der Waals surface area contributed by atoms with Crippen molar-refractivity contribution in [2.24, 2.45) is 0 Å². The van der Waals surface area contributed by atoms with E-state index in [1.807, 2.05) is 12.1 Å². The van der Waals surface area contributed by atoms with Gasteiger partial charge < -0.3 is 10.1 Å². The highest BCUT2D eigenvalue weighted by Crippen LogP contribution is 2.50. The van der Waals surface area contributed by atoms with Gasteiger partial charge in [-0.15, -0.1) is 0 Å². The van der Waals surface area contributed by atoms with Crippen LogP contribution in [-0.2, 0) is 6.54 Å². The maximum absolute atomic E-state index is 15.6. The first kappa shape index (κ1) is 17.3. The largest absolute Gasteiger partial charge is 0.497 e. The summed E-state index contributed by atoms with van der Waals surface area (Å²) >= 11 is 0. The van der Waals surface area contributed by atoms with Gasteiger partial charge in [-0.3, -0.25) is 4.90 Å². The number of nitrogens with one attached hydrogen (secondary N) is 1. The summed E-state index contributed by atoms with van der Waals surface area (Å²) in [6.45, 7) is 5.31. The van der Waals surface area contributed by atoms with E-state index in [2.05, 4.69) is 36.2 Å². The van der Waals surface area contributed by atoms with E-state index >= 15 is 4.39 Å². The minimum atomic E-state index is -0.806. The third-order valence-corrected chi connectivity index (χ3v) is 6.80. The van der Waals surface area contributed by atoms with Gasteiger partial charge in [0, 0.05) is 24.2 Å². The number of ether oxygens (including phenoxy) is 1. The molecule has 0 aromatic heterocycles. The highest BCUT2D eigenvalue weighted by atomic mass is 19.1. The van der Waals surface area contributed by atoms with Crippen molar-refractivity contribution >= 4 is 0 Å². The lowest BCUT2D eigenvalue weighted by molar-refractivity contribution is -0.143. The first-order chi connectivity index (χ1) is 11.9. The average molecular weight is 346 g/mol. The van der Waals surface area contributed by atoms with Gasteiger partial charge in [0.15, 0.2) is 0 Å². The Balaban J connectivity index is 1.59. The summed E-state index contributed by atoms with van der Waals surface area (Å²) in [7, 11) is 1.69. The maximum atomic E-state index is 15.6. The molecule has 2 saturated heterocycles. The Labute approximate surface area is 150 Å². The van der Waals surface area contributed by atoms with Crippen molar-refractivity contribution in [3.05, 3.63) is 29.8 Å². The molecular formula is C21H31FN2O. The topological polar surface area (TPSA) is 24.5 Å². The standard InChI is InChI=1S/C21H31FN2O/c1-20-11-4-12-21(2,19(22)18(13-20)23-16-7-8-16)24(20)14-15-5-9-17(25-3)10-6-15/h5-6,9-10,16,18-19,23H,4,7-8,11-14H2,1-3H3/t18-,19-,20-,21+/m0/s1. The van der Waals surface area contributed by atoms with Gasteiger partial charge in [0.1, 0.15) is 11.9 Å². The third-order valence-electron chi connectivity index (χ3n) is 6.80. The molecule has 1 saturated carbocycles. The van der Waals surface area contributed by atoms with Gasteiger partial charge in [0.05, 0.1) is 12.6 Å². The number of benzene rings is 1. The summed E-state index contributed by atoms with van der Waals surface area (Å²) < 4.78 is 20.9. The predicted molar refractivity (Wildman–Crippen MR) is 98.7 cm³/mol. The molecule has 2 heterocycles. The lowest BCUT2D eigenvalue weighted by atomic mass is 9.66. The molecule has 1 aromatic carbocycles. The summed E-state index contributed by atoms with van der Waals surface area (Å²) in [5, 5.41) is 3.60. The molecule has 4 heteroatoms. The fraction of sp³-hybridized carbons (Fsp3) is 0.714. The van der Waals surface area contributed by atoms with Crippen LogP contribution in [0, 0.1) is 0 Å². The molecule has 2 aliphatic heterocycles. The monoisotopic (exact) mass is 346 g/mol. The molecule has 138 valence electrons. The maximum Gasteiger partial charge on any atom is 0.133 e. The molecule has 0 radical (unpaired) electrons. The van der Waals surface area contributed by atoms with Crippen molar-refractivity contribution in [2.45, 2.75) is 88.3 Å². The van der Waals surface area contributed by atoms with Crippen LogP contribution in [0.25, 0.3) is 0 Å². The molecule has 4 atom stereocenters. The van der Waals surface area contributed by atoms with E-state index in [-0.39, 0.29) is 17.1 Å². The number of rotatable bonds is 5. The Kier molecular flexibility index (Phi) is 4.32. The quantitative estimate of drug-likeness (QED) is 0.870. The molecule has 3 nitrogen and oxygen atoms in total. The first-order valence-corrected chi connectivity index (χ1v) is 9.75. The fourth-order valence-electron chi connectivity index (χ4n) is 5.20.